The summed E-state index contributed by atoms with van der Waals surface area (Å²) in [5, 5.41) is 13.1. The molecule has 1 unspecified atom stereocenters. The van der Waals surface area contributed by atoms with Crippen LogP contribution in [0.2, 0.25) is 5.02 Å². The molecule has 5 nitrogen and oxygen atoms in total. The number of nitrogens with zero attached hydrogens (tertiary/aromatic N) is 2. The Labute approximate surface area is 103 Å². The van der Waals surface area contributed by atoms with Crippen molar-refractivity contribution in [2.45, 2.75) is 12.5 Å². The smallest absolute Gasteiger partial charge is 0.243 e. The quantitative estimate of drug-likeness (QED) is 0.867. The molecule has 1 heterocycles. The van der Waals surface area contributed by atoms with E-state index < -0.39 is 6.04 Å². The average molecular weight is 254 g/mol. The number of benzene rings is 1. The van der Waals surface area contributed by atoms with E-state index in [-0.39, 0.29) is 6.61 Å². The van der Waals surface area contributed by atoms with Crippen LogP contribution in [0, 0.1) is 0 Å². The van der Waals surface area contributed by atoms with E-state index in [1.54, 1.807) is 12.1 Å². The summed E-state index contributed by atoms with van der Waals surface area (Å²) in [4.78, 5) is 4.16. The maximum absolute atomic E-state index is 8.77. The van der Waals surface area contributed by atoms with Gasteiger partial charge in [0.05, 0.1) is 11.1 Å². The minimum Gasteiger partial charge on any atom is -0.396 e. The molecule has 1 aromatic carbocycles. The van der Waals surface area contributed by atoms with Crippen LogP contribution >= 0.6 is 11.6 Å². The van der Waals surface area contributed by atoms with Crippen molar-refractivity contribution in [3.63, 3.8) is 0 Å². The lowest BCUT2D eigenvalue weighted by atomic mass is 10.2. The van der Waals surface area contributed by atoms with E-state index in [0.29, 0.717) is 28.7 Å². The van der Waals surface area contributed by atoms with E-state index in [9.17, 15) is 0 Å². The molecule has 2 rings (SSSR count). The van der Waals surface area contributed by atoms with Gasteiger partial charge in [0.1, 0.15) is 0 Å². The summed E-state index contributed by atoms with van der Waals surface area (Å²) in [6.07, 6.45) is 0.379. The highest BCUT2D eigenvalue weighted by molar-refractivity contribution is 6.33. The summed E-state index contributed by atoms with van der Waals surface area (Å²) in [5.74, 6) is 0.702. The van der Waals surface area contributed by atoms with Gasteiger partial charge >= 0.3 is 0 Å². The fourth-order valence-corrected chi connectivity index (χ4v) is 1.62. The third-order valence-electron chi connectivity index (χ3n) is 2.31. The molecule has 0 aliphatic carbocycles. The number of aliphatic hydroxyl groups excluding tert-OH is 1. The molecule has 0 fully saturated rings. The Bertz CT molecular complexity index is 501. The molecule has 0 spiro atoms. The second-order valence-electron chi connectivity index (χ2n) is 3.55. The molecule has 90 valence electrons. The van der Waals surface area contributed by atoms with Gasteiger partial charge in [0.2, 0.25) is 11.7 Å². The van der Waals surface area contributed by atoms with Crippen molar-refractivity contribution in [1.82, 2.24) is 10.1 Å². The van der Waals surface area contributed by atoms with Gasteiger partial charge in [-0.05, 0) is 18.6 Å². The van der Waals surface area contributed by atoms with E-state index in [0.717, 1.165) is 0 Å². The van der Waals surface area contributed by atoms with Crippen LogP contribution in [-0.2, 0) is 0 Å². The van der Waals surface area contributed by atoms with Gasteiger partial charge in [-0.15, -0.1) is 0 Å². The van der Waals surface area contributed by atoms with Gasteiger partial charge in [0.25, 0.3) is 0 Å². The molecule has 17 heavy (non-hydrogen) atoms. The lowest BCUT2D eigenvalue weighted by molar-refractivity contribution is 0.259. The number of aromatic nitrogens is 2. The lowest BCUT2D eigenvalue weighted by Crippen LogP contribution is -2.12. The first kappa shape index (κ1) is 12.0. The predicted molar refractivity (Wildman–Crippen MR) is 63.4 cm³/mol. The molecule has 1 atom stereocenters. The maximum Gasteiger partial charge on any atom is 0.243 e. The topological polar surface area (TPSA) is 85.2 Å². The summed E-state index contributed by atoms with van der Waals surface area (Å²) in [6.45, 7) is -0.0228. The number of rotatable bonds is 4. The zero-order chi connectivity index (χ0) is 12.3. The first-order valence-electron chi connectivity index (χ1n) is 5.17. The van der Waals surface area contributed by atoms with Crippen LogP contribution in [0.1, 0.15) is 18.4 Å². The van der Waals surface area contributed by atoms with Crippen LogP contribution in [0.5, 0.6) is 0 Å². The van der Waals surface area contributed by atoms with Crippen molar-refractivity contribution in [3.05, 3.63) is 35.2 Å². The third-order valence-corrected chi connectivity index (χ3v) is 2.64. The minimum absolute atomic E-state index is 0.0228. The van der Waals surface area contributed by atoms with Crippen molar-refractivity contribution in [3.8, 4) is 11.4 Å². The number of aliphatic hydroxyl groups is 1. The summed E-state index contributed by atoms with van der Waals surface area (Å²) in [7, 11) is 0. The zero-order valence-electron chi connectivity index (χ0n) is 9.01. The van der Waals surface area contributed by atoms with E-state index in [2.05, 4.69) is 10.1 Å². The largest absolute Gasteiger partial charge is 0.396 e. The normalized spacial score (nSPS) is 12.6. The molecule has 6 heteroatoms. The Balaban J connectivity index is 2.27. The first-order valence-corrected chi connectivity index (χ1v) is 5.55. The van der Waals surface area contributed by atoms with Crippen LogP contribution < -0.4 is 5.73 Å². The highest BCUT2D eigenvalue weighted by atomic mass is 35.5. The average Bonchev–Trinajstić information content (AvgIpc) is 2.79. The van der Waals surface area contributed by atoms with Crippen molar-refractivity contribution >= 4 is 11.6 Å². The van der Waals surface area contributed by atoms with Gasteiger partial charge < -0.3 is 15.4 Å². The molecular formula is C11H12ClN3O2. The predicted octanol–water partition coefficient (Wildman–Crippen LogP) is 1.77. The van der Waals surface area contributed by atoms with Crippen molar-refractivity contribution < 1.29 is 9.63 Å². The molecule has 0 aliphatic heterocycles. The Hall–Kier alpha value is -1.43. The molecular weight excluding hydrogens is 242 g/mol. The molecule has 1 aromatic heterocycles. The highest BCUT2D eigenvalue weighted by Crippen LogP contribution is 2.25. The molecule has 2 aromatic rings. The Morgan fingerprint density at radius 3 is 2.88 bits per heavy atom. The molecule has 0 saturated heterocycles. The summed E-state index contributed by atoms with van der Waals surface area (Å²) >= 11 is 6.02. The summed E-state index contributed by atoms with van der Waals surface area (Å²) in [6, 6.07) is 6.76. The van der Waals surface area contributed by atoms with Crippen molar-refractivity contribution in [2.75, 3.05) is 6.61 Å². The minimum atomic E-state index is -0.455. The van der Waals surface area contributed by atoms with E-state index in [1.807, 2.05) is 12.1 Å². The van der Waals surface area contributed by atoms with Crippen LogP contribution in [0.25, 0.3) is 11.4 Å². The lowest BCUT2D eigenvalue weighted by Gasteiger charge is -2.01. The summed E-state index contributed by atoms with van der Waals surface area (Å²) in [5.41, 5.74) is 6.44. The third kappa shape index (κ3) is 2.63. The van der Waals surface area contributed by atoms with Crippen LogP contribution in [0.15, 0.2) is 28.8 Å². The van der Waals surface area contributed by atoms with Gasteiger partial charge in [0.15, 0.2) is 0 Å². The molecule has 0 aliphatic rings. The zero-order valence-corrected chi connectivity index (χ0v) is 9.76. The summed E-state index contributed by atoms with van der Waals surface area (Å²) < 4.78 is 5.03. The van der Waals surface area contributed by atoms with Crippen LogP contribution in [-0.4, -0.2) is 21.9 Å². The van der Waals surface area contributed by atoms with Gasteiger partial charge in [-0.25, -0.2) is 0 Å². The molecule has 0 amide bonds. The second kappa shape index (κ2) is 5.27. The molecule has 3 N–H and O–H groups in total. The van der Waals surface area contributed by atoms with Crippen LogP contribution in [0.3, 0.4) is 0 Å². The monoisotopic (exact) mass is 253 g/mol. The van der Waals surface area contributed by atoms with Gasteiger partial charge in [-0.3, -0.25) is 0 Å². The second-order valence-corrected chi connectivity index (χ2v) is 3.96. The molecule has 0 radical (unpaired) electrons. The fourth-order valence-electron chi connectivity index (χ4n) is 1.40. The van der Waals surface area contributed by atoms with E-state index in [4.69, 9.17) is 27.0 Å². The Kier molecular flexibility index (Phi) is 3.73. The van der Waals surface area contributed by atoms with Gasteiger partial charge in [-0.1, -0.05) is 28.9 Å². The Morgan fingerprint density at radius 1 is 1.41 bits per heavy atom. The van der Waals surface area contributed by atoms with E-state index >= 15 is 0 Å². The number of nitrogens with two attached hydrogens (primary N) is 1. The SMILES string of the molecule is NC(CCO)c1nc(-c2ccccc2Cl)no1. The van der Waals surface area contributed by atoms with E-state index in [1.165, 1.54) is 0 Å². The first-order chi connectivity index (χ1) is 8.22. The molecule has 0 bridgehead atoms. The molecule has 0 saturated carbocycles. The number of halogens is 1. The van der Waals surface area contributed by atoms with Crippen molar-refractivity contribution in [1.29, 1.82) is 0 Å². The van der Waals surface area contributed by atoms with Crippen molar-refractivity contribution in [2.24, 2.45) is 5.73 Å². The number of hydrogen-bond donors (Lipinski definition) is 2. The van der Waals surface area contributed by atoms with Gasteiger partial charge in [-0.2, -0.15) is 4.98 Å². The standard InChI is InChI=1S/C11H12ClN3O2/c12-8-4-2-1-3-7(8)10-14-11(17-15-10)9(13)5-6-16/h1-4,9,16H,5-6,13H2. The van der Waals surface area contributed by atoms with Gasteiger partial charge in [0, 0.05) is 12.2 Å². The highest BCUT2D eigenvalue weighted by Gasteiger charge is 2.16. The van der Waals surface area contributed by atoms with Crippen LogP contribution in [0.4, 0.5) is 0 Å². The fraction of sp³-hybridized carbons (Fsp3) is 0.273. The Morgan fingerprint density at radius 2 is 2.18 bits per heavy atom. The maximum atomic E-state index is 8.77. The number of hydrogen-bond acceptors (Lipinski definition) is 5.